The first kappa shape index (κ1) is 16.7. The minimum absolute atomic E-state index is 0.306. The fourth-order valence-corrected chi connectivity index (χ4v) is 2.90. The summed E-state index contributed by atoms with van der Waals surface area (Å²) in [5.74, 6) is -0.906. The average Bonchev–Trinajstić information content (AvgIpc) is 2.62. The highest BCUT2D eigenvalue weighted by Crippen LogP contribution is 2.27. The third-order valence-corrected chi connectivity index (χ3v) is 4.43. The molecule has 3 aromatic carbocycles. The van der Waals surface area contributed by atoms with E-state index >= 15 is 0 Å². The fourth-order valence-electron chi connectivity index (χ4n) is 2.90. The molecule has 0 aliphatic heterocycles. The maximum absolute atomic E-state index is 11.2. The van der Waals surface area contributed by atoms with Gasteiger partial charge in [-0.3, -0.25) is 0 Å². The van der Waals surface area contributed by atoms with Gasteiger partial charge in [-0.15, -0.1) is 0 Å². The van der Waals surface area contributed by atoms with E-state index in [9.17, 15) is 4.79 Å². The van der Waals surface area contributed by atoms with Crippen LogP contribution < -0.4 is 0 Å². The summed E-state index contributed by atoms with van der Waals surface area (Å²) in [5, 5.41) is 9.17. The van der Waals surface area contributed by atoms with Crippen LogP contribution in [0.25, 0.3) is 23.3 Å². The van der Waals surface area contributed by atoms with E-state index in [4.69, 9.17) is 5.11 Å². The molecule has 3 aromatic rings. The number of carbonyl (C=O) groups is 1. The Hall–Kier alpha value is -3.13. The molecule has 0 atom stereocenters. The monoisotopic (exact) mass is 328 g/mol. The van der Waals surface area contributed by atoms with Crippen molar-refractivity contribution in [1.29, 1.82) is 0 Å². The third kappa shape index (κ3) is 3.69. The lowest BCUT2D eigenvalue weighted by Crippen LogP contribution is -1.97. The molecule has 0 saturated carbocycles. The summed E-state index contributed by atoms with van der Waals surface area (Å²) in [5.41, 5.74) is 7.01. The van der Waals surface area contributed by atoms with Crippen LogP contribution in [-0.4, -0.2) is 11.1 Å². The van der Waals surface area contributed by atoms with Crippen LogP contribution in [-0.2, 0) is 0 Å². The number of hydrogen-bond donors (Lipinski definition) is 1. The summed E-state index contributed by atoms with van der Waals surface area (Å²) in [6.07, 6.45) is 4.04. The summed E-state index contributed by atoms with van der Waals surface area (Å²) in [7, 11) is 0. The standard InChI is InChI=1S/C23H20O2/c1-16-11-12-21(23(24)25)15-20(16)14-13-18-9-6-10-22(17(18)2)19-7-4-3-5-8-19/h3-15H,1-2H3,(H,24,25)/b14-13+. The maximum Gasteiger partial charge on any atom is 0.335 e. The zero-order valence-corrected chi connectivity index (χ0v) is 14.4. The van der Waals surface area contributed by atoms with Crippen molar-refractivity contribution in [1.82, 2.24) is 0 Å². The van der Waals surface area contributed by atoms with E-state index in [1.54, 1.807) is 12.1 Å². The van der Waals surface area contributed by atoms with Crippen molar-refractivity contribution < 1.29 is 9.90 Å². The molecule has 0 heterocycles. The van der Waals surface area contributed by atoms with Gasteiger partial charge in [0.25, 0.3) is 0 Å². The van der Waals surface area contributed by atoms with Crippen molar-refractivity contribution in [2.75, 3.05) is 0 Å². The Kier molecular flexibility index (Phi) is 4.80. The molecule has 3 rings (SSSR count). The van der Waals surface area contributed by atoms with Crippen LogP contribution in [0.4, 0.5) is 0 Å². The van der Waals surface area contributed by atoms with Crippen LogP contribution in [0.15, 0.2) is 66.7 Å². The molecule has 0 bridgehead atoms. The number of benzene rings is 3. The Labute approximate surface area is 148 Å². The van der Waals surface area contributed by atoms with E-state index in [0.717, 1.165) is 16.7 Å². The second kappa shape index (κ2) is 7.18. The van der Waals surface area contributed by atoms with Crippen LogP contribution in [0, 0.1) is 13.8 Å². The Balaban J connectivity index is 1.98. The van der Waals surface area contributed by atoms with Gasteiger partial charge in [0.1, 0.15) is 0 Å². The van der Waals surface area contributed by atoms with Crippen molar-refractivity contribution in [3.05, 3.63) is 94.5 Å². The van der Waals surface area contributed by atoms with Crippen molar-refractivity contribution >= 4 is 18.1 Å². The predicted molar refractivity (Wildman–Crippen MR) is 104 cm³/mol. The van der Waals surface area contributed by atoms with Crippen molar-refractivity contribution in [3.8, 4) is 11.1 Å². The first-order valence-electron chi connectivity index (χ1n) is 8.23. The molecule has 25 heavy (non-hydrogen) atoms. The van der Waals surface area contributed by atoms with Crippen molar-refractivity contribution in [2.45, 2.75) is 13.8 Å². The minimum atomic E-state index is -0.906. The van der Waals surface area contributed by atoms with E-state index < -0.39 is 5.97 Å². The lowest BCUT2D eigenvalue weighted by Gasteiger charge is -2.09. The summed E-state index contributed by atoms with van der Waals surface area (Å²) in [6.45, 7) is 4.10. The van der Waals surface area contributed by atoms with Gasteiger partial charge in [0.15, 0.2) is 0 Å². The first-order chi connectivity index (χ1) is 12.1. The molecule has 0 spiro atoms. The molecule has 0 fully saturated rings. The number of hydrogen-bond acceptors (Lipinski definition) is 1. The third-order valence-electron chi connectivity index (χ3n) is 4.43. The second-order valence-electron chi connectivity index (χ2n) is 6.10. The Morgan fingerprint density at radius 3 is 2.28 bits per heavy atom. The molecule has 2 nitrogen and oxygen atoms in total. The molecule has 0 amide bonds. The molecule has 0 aliphatic rings. The molecule has 0 radical (unpaired) electrons. The molecule has 0 unspecified atom stereocenters. The quantitative estimate of drug-likeness (QED) is 0.611. The van der Waals surface area contributed by atoms with Gasteiger partial charge in [0.05, 0.1) is 5.56 Å². The molecule has 1 N–H and O–H groups in total. The molecule has 0 aromatic heterocycles. The number of aryl methyl sites for hydroxylation is 1. The van der Waals surface area contributed by atoms with Crippen LogP contribution in [0.5, 0.6) is 0 Å². The van der Waals surface area contributed by atoms with Gasteiger partial charge in [0, 0.05) is 0 Å². The van der Waals surface area contributed by atoms with Crippen molar-refractivity contribution in [2.24, 2.45) is 0 Å². The van der Waals surface area contributed by atoms with Gasteiger partial charge in [-0.05, 0) is 59.4 Å². The summed E-state index contributed by atoms with van der Waals surface area (Å²) >= 11 is 0. The molecule has 2 heteroatoms. The van der Waals surface area contributed by atoms with Gasteiger partial charge >= 0.3 is 5.97 Å². The van der Waals surface area contributed by atoms with E-state index in [0.29, 0.717) is 5.56 Å². The number of rotatable bonds is 4. The summed E-state index contributed by atoms with van der Waals surface area (Å²) in [4.78, 5) is 11.2. The molecular formula is C23H20O2. The Morgan fingerprint density at radius 1 is 0.840 bits per heavy atom. The van der Waals surface area contributed by atoms with E-state index in [-0.39, 0.29) is 0 Å². The van der Waals surface area contributed by atoms with E-state index in [2.05, 4.69) is 43.3 Å². The number of carboxylic acid groups (broad SMARTS) is 1. The maximum atomic E-state index is 11.2. The van der Waals surface area contributed by atoms with Crippen LogP contribution in [0.2, 0.25) is 0 Å². The second-order valence-corrected chi connectivity index (χ2v) is 6.10. The topological polar surface area (TPSA) is 37.3 Å². The van der Waals surface area contributed by atoms with Gasteiger partial charge in [-0.2, -0.15) is 0 Å². The number of aromatic carboxylic acids is 1. The van der Waals surface area contributed by atoms with Crippen molar-refractivity contribution in [3.63, 3.8) is 0 Å². The Morgan fingerprint density at radius 2 is 1.56 bits per heavy atom. The zero-order valence-electron chi connectivity index (χ0n) is 14.4. The lowest BCUT2D eigenvalue weighted by atomic mass is 9.95. The number of carboxylic acids is 1. The SMILES string of the molecule is Cc1ccc(C(=O)O)cc1/C=C/c1cccc(-c2ccccc2)c1C. The fraction of sp³-hybridized carbons (Fsp3) is 0.0870. The highest BCUT2D eigenvalue weighted by atomic mass is 16.4. The first-order valence-corrected chi connectivity index (χ1v) is 8.23. The summed E-state index contributed by atoms with van der Waals surface area (Å²) in [6, 6.07) is 21.8. The van der Waals surface area contributed by atoms with Gasteiger partial charge < -0.3 is 5.11 Å². The average molecular weight is 328 g/mol. The largest absolute Gasteiger partial charge is 0.478 e. The highest BCUT2D eigenvalue weighted by molar-refractivity contribution is 5.89. The Bertz CT molecular complexity index is 938. The van der Waals surface area contributed by atoms with Crippen LogP contribution >= 0.6 is 0 Å². The zero-order chi connectivity index (χ0) is 17.8. The van der Waals surface area contributed by atoms with Gasteiger partial charge in [0.2, 0.25) is 0 Å². The van der Waals surface area contributed by atoms with Gasteiger partial charge in [-0.25, -0.2) is 4.79 Å². The van der Waals surface area contributed by atoms with Crippen LogP contribution in [0.1, 0.15) is 32.6 Å². The molecule has 0 aliphatic carbocycles. The molecule has 0 saturated heterocycles. The highest BCUT2D eigenvalue weighted by Gasteiger charge is 2.06. The smallest absolute Gasteiger partial charge is 0.335 e. The normalized spacial score (nSPS) is 11.0. The van der Waals surface area contributed by atoms with E-state index in [1.165, 1.54) is 16.7 Å². The van der Waals surface area contributed by atoms with Gasteiger partial charge in [-0.1, -0.05) is 66.7 Å². The molecule has 124 valence electrons. The lowest BCUT2D eigenvalue weighted by molar-refractivity contribution is 0.0697. The summed E-state index contributed by atoms with van der Waals surface area (Å²) < 4.78 is 0. The predicted octanol–water partition coefficient (Wildman–Crippen LogP) is 5.84. The minimum Gasteiger partial charge on any atom is -0.478 e. The van der Waals surface area contributed by atoms with E-state index in [1.807, 2.05) is 37.3 Å². The van der Waals surface area contributed by atoms with Crippen LogP contribution in [0.3, 0.4) is 0 Å². The molecular weight excluding hydrogens is 308 g/mol.